The Hall–Kier alpha value is -2.54. The topological polar surface area (TPSA) is 59.0 Å². The van der Waals surface area contributed by atoms with Crippen LogP contribution >= 0.6 is 0 Å². The highest BCUT2D eigenvalue weighted by molar-refractivity contribution is 5.88. The molecule has 4 nitrogen and oxygen atoms in total. The monoisotopic (exact) mass is 226 g/mol. The number of hydrogen-bond donors (Lipinski definition) is 0. The molecule has 2 aromatic rings. The molecule has 0 amide bonds. The summed E-state index contributed by atoms with van der Waals surface area (Å²) >= 11 is 0. The summed E-state index contributed by atoms with van der Waals surface area (Å²) in [6, 6.07) is 9.16. The van der Waals surface area contributed by atoms with Crippen LogP contribution in [-0.4, -0.2) is 12.1 Å². The molecular formula is C13H10N2O2. The minimum Gasteiger partial charge on any atom is -0.481 e. The van der Waals surface area contributed by atoms with E-state index in [1.54, 1.807) is 49.9 Å². The van der Waals surface area contributed by atoms with Crippen LogP contribution in [0.3, 0.4) is 0 Å². The number of aromatic nitrogens is 1. The summed E-state index contributed by atoms with van der Waals surface area (Å²) in [6.07, 6.45) is 4.83. The lowest BCUT2D eigenvalue weighted by Crippen LogP contribution is -1.88. The van der Waals surface area contributed by atoms with E-state index in [0.29, 0.717) is 17.2 Å². The molecule has 0 fully saturated rings. The average Bonchev–Trinajstić information content (AvgIpc) is 2.89. The van der Waals surface area contributed by atoms with E-state index in [2.05, 4.69) is 11.1 Å². The molecule has 2 aromatic heterocycles. The Morgan fingerprint density at radius 1 is 1.47 bits per heavy atom. The Labute approximate surface area is 98.8 Å². The second-order valence-corrected chi connectivity index (χ2v) is 3.27. The van der Waals surface area contributed by atoms with E-state index in [-0.39, 0.29) is 0 Å². The van der Waals surface area contributed by atoms with Crippen LogP contribution in [0.25, 0.3) is 11.6 Å². The molecule has 2 rings (SSSR count). The van der Waals surface area contributed by atoms with Crippen LogP contribution in [0.2, 0.25) is 0 Å². The van der Waals surface area contributed by atoms with Crippen molar-refractivity contribution in [3.63, 3.8) is 0 Å². The summed E-state index contributed by atoms with van der Waals surface area (Å²) < 4.78 is 10.1. The molecule has 0 bridgehead atoms. The molecule has 0 unspecified atom stereocenters. The molecule has 0 saturated heterocycles. The van der Waals surface area contributed by atoms with Gasteiger partial charge < -0.3 is 9.15 Å². The first-order chi connectivity index (χ1) is 8.33. The largest absolute Gasteiger partial charge is 0.481 e. The van der Waals surface area contributed by atoms with Gasteiger partial charge in [-0.15, -0.1) is 0 Å². The molecule has 0 aliphatic carbocycles. The normalized spacial score (nSPS) is 10.9. The van der Waals surface area contributed by atoms with Gasteiger partial charge in [0.05, 0.1) is 25.0 Å². The van der Waals surface area contributed by atoms with Crippen molar-refractivity contribution in [2.24, 2.45) is 0 Å². The van der Waals surface area contributed by atoms with Crippen LogP contribution < -0.4 is 4.74 Å². The van der Waals surface area contributed by atoms with Gasteiger partial charge in [0, 0.05) is 17.8 Å². The molecule has 17 heavy (non-hydrogen) atoms. The van der Waals surface area contributed by atoms with Crippen LogP contribution in [0.4, 0.5) is 0 Å². The Morgan fingerprint density at radius 3 is 2.88 bits per heavy atom. The molecule has 0 radical (unpaired) electrons. The smallest absolute Gasteiger partial charge is 0.212 e. The maximum Gasteiger partial charge on any atom is 0.212 e. The number of nitrogens with zero attached hydrogens (tertiary/aromatic N) is 2. The first-order valence-electron chi connectivity index (χ1n) is 4.99. The molecule has 0 N–H and O–H groups in total. The fraction of sp³-hybridized carbons (Fsp3) is 0.0769. The van der Waals surface area contributed by atoms with Gasteiger partial charge in [-0.25, -0.2) is 4.98 Å². The summed E-state index contributed by atoms with van der Waals surface area (Å²) in [5, 5.41) is 9.09. The lowest BCUT2D eigenvalue weighted by atomic mass is 10.1. The van der Waals surface area contributed by atoms with E-state index < -0.39 is 0 Å². The summed E-state index contributed by atoms with van der Waals surface area (Å²) in [4.78, 5) is 4.05. The number of hydrogen-bond acceptors (Lipinski definition) is 4. The van der Waals surface area contributed by atoms with Crippen molar-refractivity contribution in [1.29, 1.82) is 5.26 Å². The number of furan rings is 1. The lowest BCUT2D eigenvalue weighted by Gasteiger charge is -2.00. The molecule has 0 atom stereocenters. The SMILES string of the molecule is COc1ccc(C(C#N)=Cc2ccco2)cn1. The van der Waals surface area contributed by atoms with Crippen molar-refractivity contribution in [2.75, 3.05) is 7.11 Å². The minimum atomic E-state index is 0.495. The third-order valence-corrected chi connectivity index (χ3v) is 2.21. The van der Waals surface area contributed by atoms with Gasteiger partial charge in [0.15, 0.2) is 0 Å². The predicted molar refractivity (Wildman–Crippen MR) is 63.0 cm³/mol. The summed E-state index contributed by atoms with van der Waals surface area (Å²) in [7, 11) is 1.55. The zero-order valence-corrected chi connectivity index (χ0v) is 9.25. The summed E-state index contributed by atoms with van der Waals surface area (Å²) in [5.41, 5.74) is 1.22. The summed E-state index contributed by atoms with van der Waals surface area (Å²) in [5.74, 6) is 1.15. The predicted octanol–water partition coefficient (Wildman–Crippen LogP) is 2.75. The maximum atomic E-state index is 9.09. The Morgan fingerprint density at radius 2 is 2.35 bits per heavy atom. The third kappa shape index (κ3) is 2.52. The molecule has 0 aliphatic heterocycles. The number of ether oxygens (including phenoxy) is 1. The van der Waals surface area contributed by atoms with E-state index in [9.17, 15) is 0 Å². The highest BCUT2D eigenvalue weighted by atomic mass is 16.5. The fourth-order valence-electron chi connectivity index (χ4n) is 1.36. The number of allylic oxidation sites excluding steroid dienone is 1. The Balaban J connectivity index is 2.33. The average molecular weight is 226 g/mol. The zero-order chi connectivity index (χ0) is 12.1. The molecule has 0 spiro atoms. The van der Waals surface area contributed by atoms with E-state index in [0.717, 1.165) is 5.56 Å². The zero-order valence-electron chi connectivity index (χ0n) is 9.25. The van der Waals surface area contributed by atoms with Gasteiger partial charge in [0.25, 0.3) is 0 Å². The van der Waals surface area contributed by atoms with Crippen LogP contribution in [-0.2, 0) is 0 Å². The lowest BCUT2D eigenvalue weighted by molar-refractivity contribution is 0.398. The molecule has 0 saturated carbocycles. The van der Waals surface area contributed by atoms with E-state index in [4.69, 9.17) is 14.4 Å². The van der Waals surface area contributed by atoms with Crippen LogP contribution in [0.5, 0.6) is 5.88 Å². The highest BCUT2D eigenvalue weighted by Gasteiger charge is 2.03. The van der Waals surface area contributed by atoms with Gasteiger partial charge in [-0.05, 0) is 24.3 Å². The molecule has 0 aromatic carbocycles. The number of rotatable bonds is 3. The number of pyridine rings is 1. The second kappa shape index (κ2) is 4.99. The van der Waals surface area contributed by atoms with E-state index >= 15 is 0 Å². The van der Waals surface area contributed by atoms with E-state index in [1.807, 2.05) is 0 Å². The molecule has 84 valence electrons. The molecule has 4 heteroatoms. The Bertz CT molecular complexity index is 548. The standard InChI is InChI=1S/C13H10N2O2/c1-16-13-5-4-10(9-15-13)11(8-14)7-12-3-2-6-17-12/h2-7,9H,1H3. The Kier molecular flexibility index (Phi) is 3.22. The van der Waals surface area contributed by atoms with Crippen molar-refractivity contribution < 1.29 is 9.15 Å². The van der Waals surface area contributed by atoms with Crippen LogP contribution in [0.15, 0.2) is 41.1 Å². The summed E-state index contributed by atoms with van der Waals surface area (Å²) in [6.45, 7) is 0. The fourth-order valence-corrected chi connectivity index (χ4v) is 1.36. The van der Waals surface area contributed by atoms with Crippen molar-refractivity contribution in [1.82, 2.24) is 4.98 Å². The second-order valence-electron chi connectivity index (χ2n) is 3.27. The molecular weight excluding hydrogens is 216 g/mol. The molecule has 2 heterocycles. The quantitative estimate of drug-likeness (QED) is 0.755. The first kappa shape index (κ1) is 11.0. The van der Waals surface area contributed by atoms with Crippen LogP contribution in [0, 0.1) is 11.3 Å². The van der Waals surface area contributed by atoms with Gasteiger partial charge in [-0.3, -0.25) is 0 Å². The van der Waals surface area contributed by atoms with Crippen molar-refractivity contribution in [3.8, 4) is 11.9 Å². The maximum absolute atomic E-state index is 9.09. The van der Waals surface area contributed by atoms with Gasteiger partial charge in [0.2, 0.25) is 5.88 Å². The minimum absolute atomic E-state index is 0.495. The van der Waals surface area contributed by atoms with E-state index in [1.165, 1.54) is 0 Å². The van der Waals surface area contributed by atoms with Gasteiger partial charge >= 0.3 is 0 Å². The third-order valence-electron chi connectivity index (χ3n) is 2.21. The number of methoxy groups -OCH3 is 1. The van der Waals surface area contributed by atoms with Gasteiger partial charge in [0.1, 0.15) is 5.76 Å². The van der Waals surface area contributed by atoms with Crippen molar-refractivity contribution in [3.05, 3.63) is 48.0 Å². The van der Waals surface area contributed by atoms with Gasteiger partial charge in [-0.2, -0.15) is 5.26 Å². The highest BCUT2D eigenvalue weighted by Crippen LogP contribution is 2.18. The number of nitriles is 1. The van der Waals surface area contributed by atoms with Crippen molar-refractivity contribution in [2.45, 2.75) is 0 Å². The molecule has 0 aliphatic rings. The first-order valence-corrected chi connectivity index (χ1v) is 4.99. The van der Waals surface area contributed by atoms with Crippen LogP contribution in [0.1, 0.15) is 11.3 Å². The van der Waals surface area contributed by atoms with Gasteiger partial charge in [-0.1, -0.05) is 0 Å². The van der Waals surface area contributed by atoms with Crippen molar-refractivity contribution >= 4 is 11.6 Å².